The van der Waals surface area contributed by atoms with Gasteiger partial charge in [0, 0.05) is 25.4 Å². The van der Waals surface area contributed by atoms with Crippen molar-refractivity contribution in [2.45, 2.75) is 33.0 Å². The molecule has 0 radical (unpaired) electrons. The molecule has 0 aliphatic heterocycles. The second-order valence-corrected chi connectivity index (χ2v) is 6.89. The highest BCUT2D eigenvalue weighted by Gasteiger charge is 2.15. The van der Waals surface area contributed by atoms with E-state index < -0.39 is 0 Å². The van der Waals surface area contributed by atoms with Crippen LogP contribution in [0.1, 0.15) is 40.3 Å². The fourth-order valence-corrected chi connectivity index (χ4v) is 2.81. The van der Waals surface area contributed by atoms with E-state index in [-0.39, 0.29) is 11.9 Å². The first-order valence-electron chi connectivity index (χ1n) is 8.98. The third-order valence-electron chi connectivity index (χ3n) is 4.25. The maximum Gasteiger partial charge on any atom is 0.273 e. The van der Waals surface area contributed by atoms with Gasteiger partial charge >= 0.3 is 0 Å². The standard InChI is InChI=1S/C20H25N5O2/c1-15-10-22-25(12-15)16(2)11-21-20(26)19-9-18(27-23-19)14-24(3)13-17-7-5-4-6-8-17/h4-10,12,16H,11,13-14H2,1-3H3,(H,21,26). The van der Waals surface area contributed by atoms with Crippen LogP contribution in [0.5, 0.6) is 0 Å². The van der Waals surface area contributed by atoms with Crippen LogP contribution in [0, 0.1) is 6.92 Å². The molecule has 0 bridgehead atoms. The zero-order chi connectivity index (χ0) is 19.2. The largest absolute Gasteiger partial charge is 0.359 e. The Hall–Kier alpha value is -2.93. The van der Waals surface area contributed by atoms with Crippen molar-refractivity contribution < 1.29 is 9.32 Å². The molecule has 27 heavy (non-hydrogen) atoms. The van der Waals surface area contributed by atoms with Gasteiger partial charge in [-0.25, -0.2) is 0 Å². The summed E-state index contributed by atoms with van der Waals surface area (Å²) in [6.45, 7) is 5.83. The maximum absolute atomic E-state index is 12.3. The molecule has 1 unspecified atom stereocenters. The third kappa shape index (κ3) is 5.27. The Labute approximate surface area is 159 Å². The molecule has 0 saturated carbocycles. The van der Waals surface area contributed by atoms with E-state index in [1.165, 1.54) is 5.56 Å². The van der Waals surface area contributed by atoms with Crippen LogP contribution in [-0.4, -0.2) is 39.3 Å². The van der Waals surface area contributed by atoms with E-state index in [0.717, 1.165) is 12.1 Å². The Morgan fingerprint density at radius 3 is 2.78 bits per heavy atom. The van der Waals surface area contributed by atoms with Crippen LogP contribution in [-0.2, 0) is 13.1 Å². The summed E-state index contributed by atoms with van der Waals surface area (Å²) in [6.07, 6.45) is 3.75. The number of hydrogen-bond donors (Lipinski definition) is 1. The van der Waals surface area contributed by atoms with E-state index in [0.29, 0.717) is 24.5 Å². The Morgan fingerprint density at radius 2 is 2.07 bits per heavy atom. The molecule has 3 rings (SSSR count). The van der Waals surface area contributed by atoms with Crippen LogP contribution in [0.15, 0.2) is 53.3 Å². The molecule has 3 aromatic rings. The number of rotatable bonds is 8. The predicted octanol–water partition coefficient (Wildman–Crippen LogP) is 2.80. The quantitative estimate of drug-likeness (QED) is 0.662. The van der Waals surface area contributed by atoms with Gasteiger partial charge in [0.25, 0.3) is 5.91 Å². The topological polar surface area (TPSA) is 76.2 Å². The Balaban J connectivity index is 1.49. The predicted molar refractivity (Wildman–Crippen MR) is 102 cm³/mol. The number of aryl methyl sites for hydroxylation is 1. The number of benzene rings is 1. The van der Waals surface area contributed by atoms with Crippen molar-refractivity contribution in [2.24, 2.45) is 0 Å². The SMILES string of the molecule is Cc1cnn(C(C)CNC(=O)c2cc(CN(C)Cc3ccccc3)on2)c1. The lowest BCUT2D eigenvalue weighted by atomic mass is 10.2. The molecule has 2 aromatic heterocycles. The van der Waals surface area contributed by atoms with Gasteiger partial charge in [0.15, 0.2) is 11.5 Å². The van der Waals surface area contributed by atoms with Crippen molar-refractivity contribution in [3.05, 3.63) is 71.4 Å². The van der Waals surface area contributed by atoms with Gasteiger partial charge in [-0.1, -0.05) is 35.5 Å². The minimum absolute atomic E-state index is 0.0611. The van der Waals surface area contributed by atoms with Gasteiger partial charge in [-0.2, -0.15) is 5.10 Å². The molecule has 0 spiro atoms. The highest BCUT2D eigenvalue weighted by atomic mass is 16.5. The molecule has 0 aliphatic rings. The number of carbonyl (C=O) groups is 1. The molecule has 1 aromatic carbocycles. The number of amides is 1. The summed E-state index contributed by atoms with van der Waals surface area (Å²) >= 11 is 0. The minimum atomic E-state index is -0.244. The van der Waals surface area contributed by atoms with Crippen molar-refractivity contribution in [2.75, 3.05) is 13.6 Å². The van der Waals surface area contributed by atoms with Gasteiger partial charge < -0.3 is 9.84 Å². The van der Waals surface area contributed by atoms with Gasteiger partial charge in [0.2, 0.25) is 0 Å². The van der Waals surface area contributed by atoms with Crippen molar-refractivity contribution in [3.8, 4) is 0 Å². The normalized spacial score (nSPS) is 12.3. The molecule has 0 aliphatic carbocycles. The lowest BCUT2D eigenvalue weighted by Crippen LogP contribution is -2.30. The molecule has 1 atom stereocenters. The molecular formula is C20H25N5O2. The van der Waals surface area contributed by atoms with Crippen molar-refractivity contribution in [1.82, 2.24) is 25.2 Å². The van der Waals surface area contributed by atoms with Gasteiger partial charge in [0.1, 0.15) is 0 Å². The van der Waals surface area contributed by atoms with E-state index in [2.05, 4.69) is 32.6 Å². The van der Waals surface area contributed by atoms with Gasteiger partial charge in [-0.15, -0.1) is 0 Å². The maximum atomic E-state index is 12.3. The molecule has 0 fully saturated rings. The molecular weight excluding hydrogens is 342 g/mol. The van der Waals surface area contributed by atoms with Crippen LogP contribution in [0.4, 0.5) is 0 Å². The average Bonchev–Trinajstić information content (AvgIpc) is 3.29. The van der Waals surface area contributed by atoms with E-state index in [4.69, 9.17) is 4.52 Å². The molecule has 1 amide bonds. The van der Waals surface area contributed by atoms with E-state index in [1.54, 1.807) is 12.3 Å². The number of hydrogen-bond acceptors (Lipinski definition) is 5. The van der Waals surface area contributed by atoms with Crippen LogP contribution >= 0.6 is 0 Å². The summed E-state index contributed by atoms with van der Waals surface area (Å²) in [6, 6.07) is 12.0. The molecule has 7 heteroatoms. The second-order valence-electron chi connectivity index (χ2n) is 6.89. The van der Waals surface area contributed by atoms with Crippen molar-refractivity contribution in [3.63, 3.8) is 0 Å². The Kier molecular flexibility index (Phi) is 6.03. The first kappa shape index (κ1) is 18.8. The fraction of sp³-hybridized carbons (Fsp3) is 0.350. The first-order chi connectivity index (χ1) is 13.0. The number of aromatic nitrogens is 3. The number of nitrogens with zero attached hydrogens (tertiary/aromatic N) is 4. The average molecular weight is 367 g/mol. The highest BCUT2D eigenvalue weighted by Crippen LogP contribution is 2.10. The molecule has 0 saturated heterocycles. The van der Waals surface area contributed by atoms with Gasteiger partial charge in [0.05, 0.1) is 18.8 Å². The summed E-state index contributed by atoms with van der Waals surface area (Å²) in [4.78, 5) is 14.4. The van der Waals surface area contributed by atoms with Crippen molar-refractivity contribution >= 4 is 5.91 Å². The molecule has 2 heterocycles. The lowest BCUT2D eigenvalue weighted by molar-refractivity contribution is 0.0938. The molecule has 142 valence electrons. The third-order valence-corrected chi connectivity index (χ3v) is 4.25. The lowest BCUT2D eigenvalue weighted by Gasteiger charge is -2.14. The summed E-state index contributed by atoms with van der Waals surface area (Å²) in [5, 5.41) is 11.0. The van der Waals surface area contributed by atoms with Crippen LogP contribution < -0.4 is 5.32 Å². The zero-order valence-electron chi connectivity index (χ0n) is 15.9. The highest BCUT2D eigenvalue weighted by molar-refractivity contribution is 5.92. The van der Waals surface area contributed by atoms with Crippen LogP contribution in [0.2, 0.25) is 0 Å². The summed E-state index contributed by atoms with van der Waals surface area (Å²) in [5.74, 6) is 0.417. The Morgan fingerprint density at radius 1 is 1.30 bits per heavy atom. The summed E-state index contributed by atoms with van der Waals surface area (Å²) in [5.41, 5.74) is 2.61. The summed E-state index contributed by atoms with van der Waals surface area (Å²) in [7, 11) is 2.00. The van der Waals surface area contributed by atoms with Crippen LogP contribution in [0.3, 0.4) is 0 Å². The van der Waals surface area contributed by atoms with Crippen LogP contribution in [0.25, 0.3) is 0 Å². The van der Waals surface area contributed by atoms with Gasteiger partial charge in [-0.05, 0) is 32.0 Å². The van der Waals surface area contributed by atoms with E-state index in [1.807, 2.05) is 50.0 Å². The Bertz CT molecular complexity index is 871. The van der Waals surface area contributed by atoms with E-state index >= 15 is 0 Å². The van der Waals surface area contributed by atoms with Gasteiger partial charge in [-0.3, -0.25) is 14.4 Å². The monoisotopic (exact) mass is 367 g/mol. The number of carbonyl (C=O) groups excluding carboxylic acids is 1. The first-order valence-corrected chi connectivity index (χ1v) is 8.98. The second kappa shape index (κ2) is 8.64. The fourth-order valence-electron chi connectivity index (χ4n) is 2.81. The van der Waals surface area contributed by atoms with E-state index in [9.17, 15) is 4.79 Å². The summed E-state index contributed by atoms with van der Waals surface area (Å²) < 4.78 is 7.15. The smallest absolute Gasteiger partial charge is 0.273 e. The molecule has 1 N–H and O–H groups in total. The van der Waals surface area contributed by atoms with Crippen molar-refractivity contribution in [1.29, 1.82) is 0 Å². The zero-order valence-corrected chi connectivity index (χ0v) is 15.9. The number of nitrogens with one attached hydrogen (secondary N) is 1. The molecule has 7 nitrogen and oxygen atoms in total. The minimum Gasteiger partial charge on any atom is -0.359 e.